The molecule has 1 heterocycles. The molecule has 0 N–H and O–H groups in total. The van der Waals surface area contributed by atoms with Crippen LogP contribution in [-0.2, 0) is 6.42 Å². The summed E-state index contributed by atoms with van der Waals surface area (Å²) in [5.74, 6) is 0. The average Bonchev–Trinajstić information content (AvgIpc) is 2.62. The van der Waals surface area contributed by atoms with E-state index in [-0.39, 0.29) is 0 Å². The highest BCUT2D eigenvalue weighted by molar-refractivity contribution is 6.32. The average molecular weight is 232 g/mol. The summed E-state index contributed by atoms with van der Waals surface area (Å²) >= 11 is 6.09. The minimum atomic E-state index is 0.371. The van der Waals surface area contributed by atoms with Gasteiger partial charge in [-0.25, -0.2) is 4.68 Å². The second-order valence-corrected chi connectivity index (χ2v) is 3.86. The Kier molecular flexibility index (Phi) is 2.93. The first kappa shape index (κ1) is 10.7. The van der Waals surface area contributed by atoms with Crippen LogP contribution in [0.4, 0.5) is 0 Å². The van der Waals surface area contributed by atoms with Crippen LogP contribution in [-0.4, -0.2) is 9.78 Å². The first-order valence-corrected chi connectivity index (χ1v) is 5.27. The van der Waals surface area contributed by atoms with Crippen LogP contribution in [0.25, 0.3) is 5.69 Å². The Labute approximate surface area is 98.9 Å². The zero-order valence-corrected chi connectivity index (χ0v) is 9.57. The molecule has 0 aliphatic heterocycles. The third kappa shape index (κ3) is 1.80. The summed E-state index contributed by atoms with van der Waals surface area (Å²) in [6, 6.07) is 9.63. The molecule has 0 atom stereocenters. The van der Waals surface area contributed by atoms with Crippen molar-refractivity contribution >= 4 is 11.6 Å². The van der Waals surface area contributed by atoms with Crippen LogP contribution in [0.1, 0.15) is 11.3 Å². The Morgan fingerprint density at radius 3 is 2.88 bits per heavy atom. The van der Waals surface area contributed by atoms with E-state index in [9.17, 15) is 0 Å². The minimum Gasteiger partial charge on any atom is -0.236 e. The molecule has 0 amide bonds. The Balaban J connectivity index is 2.50. The van der Waals surface area contributed by atoms with Crippen LogP contribution >= 0.6 is 11.6 Å². The zero-order chi connectivity index (χ0) is 11.5. The van der Waals surface area contributed by atoms with Gasteiger partial charge in [-0.2, -0.15) is 10.4 Å². The Bertz CT molecular complexity index is 552. The molecule has 1 aromatic carbocycles. The molecule has 0 aliphatic carbocycles. The Morgan fingerprint density at radius 2 is 2.19 bits per heavy atom. The van der Waals surface area contributed by atoms with Gasteiger partial charge in [-0.05, 0) is 19.1 Å². The minimum absolute atomic E-state index is 0.371. The highest BCUT2D eigenvalue weighted by Crippen LogP contribution is 2.21. The number of aromatic nitrogens is 2. The molecule has 16 heavy (non-hydrogen) atoms. The molecule has 4 heteroatoms. The largest absolute Gasteiger partial charge is 0.236 e. The van der Waals surface area contributed by atoms with Gasteiger partial charge in [0.15, 0.2) is 0 Å². The molecule has 3 nitrogen and oxygen atoms in total. The molecular formula is C12H10ClN3. The van der Waals surface area contributed by atoms with Crippen LogP contribution in [0.15, 0.2) is 30.5 Å². The lowest BCUT2D eigenvalue weighted by atomic mass is 10.2. The molecule has 0 unspecified atom stereocenters. The molecular weight excluding hydrogens is 222 g/mol. The third-order valence-electron chi connectivity index (χ3n) is 2.46. The first-order chi connectivity index (χ1) is 7.74. The van der Waals surface area contributed by atoms with Gasteiger partial charge >= 0.3 is 0 Å². The SMILES string of the molecule is Cc1c(CC#N)cnn1-c1ccccc1Cl. The fourth-order valence-corrected chi connectivity index (χ4v) is 1.78. The van der Waals surface area contributed by atoms with Crippen LogP contribution in [0.5, 0.6) is 0 Å². The van der Waals surface area contributed by atoms with E-state index in [0.29, 0.717) is 11.4 Å². The topological polar surface area (TPSA) is 41.6 Å². The normalized spacial score (nSPS) is 10.1. The van der Waals surface area contributed by atoms with Crippen molar-refractivity contribution in [3.05, 3.63) is 46.7 Å². The van der Waals surface area contributed by atoms with Crippen molar-refractivity contribution in [2.24, 2.45) is 0 Å². The Hall–Kier alpha value is -1.79. The number of para-hydroxylation sites is 1. The monoisotopic (exact) mass is 231 g/mol. The summed E-state index contributed by atoms with van der Waals surface area (Å²) in [5, 5.41) is 13.6. The molecule has 0 saturated heterocycles. The van der Waals surface area contributed by atoms with E-state index in [1.807, 2.05) is 31.2 Å². The number of hydrogen-bond donors (Lipinski definition) is 0. The second-order valence-electron chi connectivity index (χ2n) is 3.45. The number of benzene rings is 1. The molecule has 0 fully saturated rings. The van der Waals surface area contributed by atoms with Gasteiger partial charge in [0.25, 0.3) is 0 Å². The fourth-order valence-electron chi connectivity index (χ4n) is 1.57. The van der Waals surface area contributed by atoms with Crippen molar-refractivity contribution in [1.82, 2.24) is 9.78 Å². The summed E-state index contributed by atoms with van der Waals surface area (Å²) in [6.07, 6.45) is 2.08. The quantitative estimate of drug-likeness (QED) is 0.798. The maximum Gasteiger partial charge on any atom is 0.0834 e. The predicted octanol–water partition coefficient (Wildman–Crippen LogP) is 2.90. The van der Waals surface area contributed by atoms with Crippen molar-refractivity contribution in [2.45, 2.75) is 13.3 Å². The van der Waals surface area contributed by atoms with Crippen molar-refractivity contribution in [3.8, 4) is 11.8 Å². The van der Waals surface area contributed by atoms with E-state index >= 15 is 0 Å². The van der Waals surface area contributed by atoms with Crippen molar-refractivity contribution in [1.29, 1.82) is 5.26 Å². The summed E-state index contributed by atoms with van der Waals surface area (Å²) < 4.78 is 1.76. The lowest BCUT2D eigenvalue weighted by Gasteiger charge is -2.06. The zero-order valence-electron chi connectivity index (χ0n) is 8.81. The lowest BCUT2D eigenvalue weighted by molar-refractivity contribution is 0.845. The fraction of sp³-hybridized carbons (Fsp3) is 0.167. The van der Waals surface area contributed by atoms with E-state index in [1.165, 1.54) is 0 Å². The number of rotatable bonds is 2. The van der Waals surface area contributed by atoms with Gasteiger partial charge < -0.3 is 0 Å². The van der Waals surface area contributed by atoms with Gasteiger partial charge in [0.05, 0.1) is 29.4 Å². The van der Waals surface area contributed by atoms with Crippen LogP contribution in [0, 0.1) is 18.3 Å². The molecule has 2 rings (SSSR count). The number of hydrogen-bond acceptors (Lipinski definition) is 2. The van der Waals surface area contributed by atoms with Crippen LogP contribution < -0.4 is 0 Å². The highest BCUT2D eigenvalue weighted by atomic mass is 35.5. The van der Waals surface area contributed by atoms with E-state index < -0.39 is 0 Å². The van der Waals surface area contributed by atoms with Gasteiger partial charge in [-0.15, -0.1) is 0 Å². The second kappa shape index (κ2) is 4.38. The summed E-state index contributed by atoms with van der Waals surface area (Å²) in [6.45, 7) is 1.93. The van der Waals surface area contributed by atoms with E-state index in [4.69, 9.17) is 16.9 Å². The van der Waals surface area contributed by atoms with Crippen molar-refractivity contribution in [3.63, 3.8) is 0 Å². The number of nitrogens with zero attached hydrogens (tertiary/aromatic N) is 3. The molecule has 0 saturated carbocycles. The van der Waals surface area contributed by atoms with Crippen LogP contribution in [0.3, 0.4) is 0 Å². The predicted molar refractivity (Wildman–Crippen MR) is 62.6 cm³/mol. The number of halogens is 1. The van der Waals surface area contributed by atoms with Gasteiger partial charge in [0, 0.05) is 11.3 Å². The molecule has 80 valence electrons. The lowest BCUT2D eigenvalue weighted by Crippen LogP contribution is -2.00. The van der Waals surface area contributed by atoms with E-state index in [0.717, 1.165) is 16.9 Å². The first-order valence-electron chi connectivity index (χ1n) is 4.89. The smallest absolute Gasteiger partial charge is 0.0834 e. The standard InChI is InChI=1S/C12H10ClN3/c1-9-10(6-7-14)8-15-16(9)12-5-3-2-4-11(12)13/h2-5,8H,6H2,1H3. The molecule has 2 aromatic rings. The van der Waals surface area contributed by atoms with Crippen molar-refractivity contribution in [2.75, 3.05) is 0 Å². The van der Waals surface area contributed by atoms with E-state index in [1.54, 1.807) is 10.9 Å². The van der Waals surface area contributed by atoms with Gasteiger partial charge in [-0.3, -0.25) is 0 Å². The van der Waals surface area contributed by atoms with Gasteiger partial charge in [0.1, 0.15) is 0 Å². The maximum atomic E-state index is 8.67. The van der Waals surface area contributed by atoms with Crippen molar-refractivity contribution < 1.29 is 0 Å². The maximum absolute atomic E-state index is 8.67. The molecule has 0 bridgehead atoms. The molecule has 0 aliphatic rings. The highest BCUT2D eigenvalue weighted by Gasteiger charge is 2.09. The third-order valence-corrected chi connectivity index (χ3v) is 2.78. The molecule has 0 radical (unpaired) electrons. The van der Waals surface area contributed by atoms with E-state index in [2.05, 4.69) is 11.2 Å². The molecule has 1 aromatic heterocycles. The summed E-state index contributed by atoms with van der Waals surface area (Å²) in [7, 11) is 0. The molecule has 0 spiro atoms. The van der Waals surface area contributed by atoms with Crippen LogP contribution in [0.2, 0.25) is 5.02 Å². The Morgan fingerprint density at radius 1 is 1.44 bits per heavy atom. The van der Waals surface area contributed by atoms with Gasteiger partial charge in [0.2, 0.25) is 0 Å². The van der Waals surface area contributed by atoms with Gasteiger partial charge in [-0.1, -0.05) is 23.7 Å². The number of nitriles is 1. The summed E-state index contributed by atoms with van der Waals surface area (Å²) in [5.41, 5.74) is 2.72. The summed E-state index contributed by atoms with van der Waals surface area (Å²) in [4.78, 5) is 0.